The largest absolute Gasteiger partial charge is 0.493 e. The molecule has 0 amide bonds. The lowest BCUT2D eigenvalue weighted by Crippen LogP contribution is -2.33. The first-order valence-corrected chi connectivity index (χ1v) is 9.40. The van der Waals surface area contributed by atoms with Crippen LogP contribution in [0.2, 0.25) is 0 Å². The average Bonchev–Trinajstić information content (AvgIpc) is 2.63. The Labute approximate surface area is 141 Å². The zero-order chi connectivity index (χ0) is 15.5. The van der Waals surface area contributed by atoms with Crippen LogP contribution in [0.3, 0.4) is 0 Å². The molecule has 1 atom stereocenters. The van der Waals surface area contributed by atoms with Crippen molar-refractivity contribution in [3.8, 4) is 5.75 Å². The van der Waals surface area contributed by atoms with Crippen molar-refractivity contribution in [2.75, 3.05) is 36.1 Å². The van der Waals surface area contributed by atoms with Gasteiger partial charge in [0.25, 0.3) is 0 Å². The summed E-state index contributed by atoms with van der Waals surface area (Å²) in [5, 5.41) is 8.89. The Morgan fingerprint density at radius 2 is 1.96 bits per heavy atom. The van der Waals surface area contributed by atoms with Crippen molar-refractivity contribution in [1.29, 1.82) is 0 Å². The third-order valence-electron chi connectivity index (χ3n) is 4.49. The Balaban J connectivity index is 1.40. The second-order valence-corrected chi connectivity index (χ2v) is 7.40. The molecule has 120 valence electrons. The molecular weight excluding hydrogens is 306 g/mol. The number of benzene rings is 1. The number of hydrogen-bond acceptors (Lipinski definition) is 5. The highest BCUT2D eigenvalue weighted by Crippen LogP contribution is 2.28. The van der Waals surface area contributed by atoms with Crippen LogP contribution in [0.1, 0.15) is 11.3 Å². The molecule has 0 aliphatic carbocycles. The van der Waals surface area contributed by atoms with Gasteiger partial charge in [-0.05, 0) is 36.6 Å². The van der Waals surface area contributed by atoms with E-state index in [9.17, 15) is 0 Å². The number of hydrogen-bond donors (Lipinski definition) is 0. The van der Waals surface area contributed by atoms with E-state index in [2.05, 4.69) is 45.4 Å². The molecule has 4 nitrogen and oxygen atoms in total. The van der Waals surface area contributed by atoms with Crippen LogP contribution >= 0.6 is 11.8 Å². The molecule has 0 radical (unpaired) electrons. The number of nitrogens with zero attached hydrogens (tertiary/aromatic N) is 3. The predicted molar refractivity (Wildman–Crippen MR) is 94.4 cm³/mol. The Hall–Kier alpha value is -1.75. The van der Waals surface area contributed by atoms with Crippen molar-refractivity contribution in [3.63, 3.8) is 0 Å². The molecule has 3 heterocycles. The van der Waals surface area contributed by atoms with Crippen molar-refractivity contribution in [2.24, 2.45) is 5.92 Å². The maximum atomic E-state index is 5.87. The second-order valence-electron chi connectivity index (χ2n) is 6.18. The van der Waals surface area contributed by atoms with E-state index in [0.717, 1.165) is 49.8 Å². The minimum Gasteiger partial charge on any atom is -0.493 e. The highest BCUT2D eigenvalue weighted by Gasteiger charge is 2.20. The van der Waals surface area contributed by atoms with Gasteiger partial charge in [0.05, 0.1) is 12.3 Å². The third kappa shape index (κ3) is 3.44. The van der Waals surface area contributed by atoms with Crippen molar-refractivity contribution in [1.82, 2.24) is 10.2 Å². The molecule has 4 rings (SSSR count). The normalized spacial score (nSPS) is 20.7. The maximum Gasteiger partial charge on any atom is 0.151 e. The van der Waals surface area contributed by atoms with Crippen molar-refractivity contribution in [3.05, 3.63) is 47.7 Å². The zero-order valence-corrected chi connectivity index (χ0v) is 14.0. The van der Waals surface area contributed by atoms with Gasteiger partial charge in [-0.25, -0.2) is 0 Å². The molecular formula is C18H21N3OS. The molecule has 5 heteroatoms. The molecule has 2 aromatic rings. The first kappa shape index (κ1) is 14.8. The molecule has 0 bridgehead atoms. The molecule has 2 aliphatic heterocycles. The maximum absolute atomic E-state index is 5.87. The number of thioether (sulfide) groups is 1. The van der Waals surface area contributed by atoms with Crippen LogP contribution < -0.4 is 9.64 Å². The predicted octanol–water partition coefficient (Wildman–Crippen LogP) is 2.82. The van der Waals surface area contributed by atoms with Gasteiger partial charge in [0.15, 0.2) is 5.82 Å². The van der Waals surface area contributed by atoms with Gasteiger partial charge >= 0.3 is 0 Å². The standard InChI is InChI=1S/C18H21N3OS/c1-2-4-17-15(3-1)11-14(13-22-17)12-16-5-6-18(20-19-16)21-7-9-23-10-8-21/h1-6,14H,7-13H2/t14-/m0/s1. The van der Waals surface area contributed by atoms with Gasteiger partial charge in [-0.3, -0.25) is 0 Å². The summed E-state index contributed by atoms with van der Waals surface area (Å²) in [6.45, 7) is 2.92. The van der Waals surface area contributed by atoms with E-state index >= 15 is 0 Å². The van der Waals surface area contributed by atoms with Crippen molar-refractivity contribution < 1.29 is 4.74 Å². The van der Waals surface area contributed by atoms with Crippen LogP contribution in [0.25, 0.3) is 0 Å². The smallest absolute Gasteiger partial charge is 0.151 e. The van der Waals surface area contributed by atoms with Crippen LogP contribution in [0, 0.1) is 5.92 Å². The minimum absolute atomic E-state index is 0.483. The molecule has 0 N–H and O–H groups in total. The molecule has 1 fully saturated rings. The Morgan fingerprint density at radius 1 is 1.09 bits per heavy atom. The van der Waals surface area contributed by atoms with Gasteiger partial charge in [0, 0.05) is 30.5 Å². The van der Waals surface area contributed by atoms with Crippen LogP contribution in [0.15, 0.2) is 36.4 Å². The number of fused-ring (bicyclic) bond motifs is 1. The summed E-state index contributed by atoms with van der Waals surface area (Å²) in [5.41, 5.74) is 2.37. The molecule has 1 aromatic heterocycles. The summed E-state index contributed by atoms with van der Waals surface area (Å²) in [4.78, 5) is 2.33. The fourth-order valence-electron chi connectivity index (χ4n) is 3.24. The van der Waals surface area contributed by atoms with Crippen LogP contribution in [0.5, 0.6) is 5.75 Å². The zero-order valence-electron chi connectivity index (χ0n) is 13.1. The Kier molecular flexibility index (Phi) is 4.37. The summed E-state index contributed by atoms with van der Waals surface area (Å²) < 4.78 is 5.87. The van der Waals surface area contributed by atoms with E-state index < -0.39 is 0 Å². The number of aromatic nitrogens is 2. The van der Waals surface area contributed by atoms with Crippen LogP contribution in [-0.4, -0.2) is 41.4 Å². The van der Waals surface area contributed by atoms with Gasteiger partial charge in [0.1, 0.15) is 5.75 Å². The van der Waals surface area contributed by atoms with E-state index in [1.54, 1.807) is 0 Å². The van der Waals surface area contributed by atoms with E-state index in [1.807, 2.05) is 17.8 Å². The minimum atomic E-state index is 0.483. The van der Waals surface area contributed by atoms with Gasteiger partial charge < -0.3 is 9.64 Å². The molecule has 0 spiro atoms. The summed E-state index contributed by atoms with van der Waals surface area (Å²) in [6, 6.07) is 12.6. The lowest BCUT2D eigenvalue weighted by atomic mass is 9.93. The van der Waals surface area contributed by atoms with Crippen molar-refractivity contribution >= 4 is 17.6 Å². The quantitative estimate of drug-likeness (QED) is 0.867. The van der Waals surface area contributed by atoms with E-state index in [-0.39, 0.29) is 0 Å². The van der Waals surface area contributed by atoms with E-state index in [0.29, 0.717) is 5.92 Å². The van der Waals surface area contributed by atoms with E-state index in [4.69, 9.17) is 4.74 Å². The van der Waals surface area contributed by atoms with Crippen LogP contribution in [0.4, 0.5) is 5.82 Å². The lowest BCUT2D eigenvalue weighted by molar-refractivity contribution is 0.220. The first-order valence-electron chi connectivity index (χ1n) is 8.24. The fraction of sp³-hybridized carbons (Fsp3) is 0.444. The molecule has 2 aliphatic rings. The molecule has 1 aromatic carbocycles. The van der Waals surface area contributed by atoms with E-state index in [1.165, 1.54) is 17.1 Å². The summed E-state index contributed by atoms with van der Waals surface area (Å²) in [5.74, 6) is 4.90. The van der Waals surface area contributed by atoms with Gasteiger partial charge in [0.2, 0.25) is 0 Å². The highest BCUT2D eigenvalue weighted by atomic mass is 32.2. The second kappa shape index (κ2) is 6.79. The first-order chi connectivity index (χ1) is 11.4. The lowest BCUT2D eigenvalue weighted by Gasteiger charge is -2.27. The number of rotatable bonds is 3. The van der Waals surface area contributed by atoms with Gasteiger partial charge in [-0.1, -0.05) is 18.2 Å². The monoisotopic (exact) mass is 327 g/mol. The van der Waals surface area contributed by atoms with Crippen LogP contribution in [-0.2, 0) is 12.8 Å². The SMILES string of the molecule is c1ccc2c(c1)C[C@@H](Cc1ccc(N3CCSCC3)nn1)CO2. The van der Waals surface area contributed by atoms with Gasteiger partial charge in [-0.2, -0.15) is 16.9 Å². The summed E-state index contributed by atoms with van der Waals surface area (Å²) in [6.07, 6.45) is 1.99. The summed E-state index contributed by atoms with van der Waals surface area (Å²) in [7, 11) is 0. The highest BCUT2D eigenvalue weighted by molar-refractivity contribution is 7.99. The molecule has 0 unspecified atom stereocenters. The summed E-state index contributed by atoms with van der Waals surface area (Å²) >= 11 is 2.01. The fourth-order valence-corrected chi connectivity index (χ4v) is 4.14. The number of para-hydroxylation sites is 1. The Bertz CT molecular complexity index is 656. The number of anilines is 1. The number of ether oxygens (including phenoxy) is 1. The van der Waals surface area contributed by atoms with Crippen molar-refractivity contribution in [2.45, 2.75) is 12.8 Å². The van der Waals surface area contributed by atoms with Gasteiger partial charge in [-0.15, -0.1) is 5.10 Å². The Morgan fingerprint density at radius 3 is 2.78 bits per heavy atom. The topological polar surface area (TPSA) is 38.2 Å². The third-order valence-corrected chi connectivity index (χ3v) is 5.44. The molecule has 0 saturated carbocycles. The molecule has 23 heavy (non-hydrogen) atoms. The molecule has 1 saturated heterocycles. The average molecular weight is 327 g/mol.